The Balaban J connectivity index is 2.58. The van der Waals surface area contributed by atoms with E-state index in [1.54, 1.807) is 0 Å². The van der Waals surface area contributed by atoms with Gasteiger partial charge in [-0.25, -0.2) is 4.39 Å². The van der Waals surface area contributed by atoms with Gasteiger partial charge in [-0.05, 0) is 44.5 Å². The lowest BCUT2D eigenvalue weighted by Crippen LogP contribution is -2.14. The van der Waals surface area contributed by atoms with Gasteiger partial charge in [0, 0.05) is 12.6 Å². The van der Waals surface area contributed by atoms with Gasteiger partial charge < -0.3 is 10.1 Å². The summed E-state index contributed by atoms with van der Waals surface area (Å²) in [4.78, 5) is 0. The van der Waals surface area contributed by atoms with Gasteiger partial charge in [0.05, 0.1) is 18.1 Å². The SMILES string of the molecule is CCNCc1cc(F)cc(OCCC(C)(C)C#N)c1. The molecule has 4 heteroatoms. The molecule has 0 radical (unpaired) electrons. The molecule has 1 aromatic carbocycles. The van der Waals surface area contributed by atoms with Gasteiger partial charge in [-0.15, -0.1) is 0 Å². The Bertz CT molecular complexity index is 452. The second-order valence-corrected chi connectivity index (χ2v) is 5.17. The van der Waals surface area contributed by atoms with E-state index >= 15 is 0 Å². The molecule has 104 valence electrons. The molecule has 0 atom stereocenters. The van der Waals surface area contributed by atoms with Gasteiger partial charge in [0.15, 0.2) is 0 Å². The number of rotatable bonds is 7. The van der Waals surface area contributed by atoms with Gasteiger partial charge in [-0.2, -0.15) is 5.26 Å². The maximum Gasteiger partial charge on any atom is 0.127 e. The molecule has 1 rings (SSSR count). The van der Waals surface area contributed by atoms with E-state index in [2.05, 4.69) is 11.4 Å². The molecule has 0 heterocycles. The second kappa shape index (κ2) is 7.10. The van der Waals surface area contributed by atoms with Crippen molar-refractivity contribution in [3.8, 4) is 11.8 Å². The van der Waals surface area contributed by atoms with Crippen LogP contribution in [0.4, 0.5) is 4.39 Å². The first-order valence-electron chi connectivity index (χ1n) is 6.51. The van der Waals surface area contributed by atoms with Crippen molar-refractivity contribution in [1.82, 2.24) is 5.32 Å². The molecule has 0 unspecified atom stereocenters. The maximum atomic E-state index is 13.4. The highest BCUT2D eigenvalue weighted by molar-refractivity contribution is 5.29. The van der Waals surface area contributed by atoms with Crippen LogP contribution in [0, 0.1) is 22.6 Å². The van der Waals surface area contributed by atoms with Gasteiger partial charge in [0.2, 0.25) is 0 Å². The maximum absolute atomic E-state index is 13.4. The van der Waals surface area contributed by atoms with Crippen LogP contribution >= 0.6 is 0 Å². The predicted octanol–water partition coefficient (Wildman–Crippen LogP) is 3.25. The summed E-state index contributed by atoms with van der Waals surface area (Å²) in [5, 5.41) is 12.0. The zero-order valence-corrected chi connectivity index (χ0v) is 11.8. The minimum atomic E-state index is -0.417. The number of halogens is 1. The molecule has 0 fully saturated rings. The second-order valence-electron chi connectivity index (χ2n) is 5.17. The van der Waals surface area contributed by atoms with Crippen LogP contribution in [0.5, 0.6) is 5.75 Å². The van der Waals surface area contributed by atoms with Crippen molar-refractivity contribution in [3.05, 3.63) is 29.6 Å². The lowest BCUT2D eigenvalue weighted by Gasteiger charge is -2.15. The average Bonchev–Trinajstić information content (AvgIpc) is 2.35. The first-order chi connectivity index (χ1) is 8.96. The highest BCUT2D eigenvalue weighted by atomic mass is 19.1. The van der Waals surface area contributed by atoms with Gasteiger partial charge in [0.1, 0.15) is 11.6 Å². The molecule has 1 aromatic rings. The summed E-state index contributed by atoms with van der Waals surface area (Å²) < 4.78 is 18.9. The summed E-state index contributed by atoms with van der Waals surface area (Å²) in [6.07, 6.45) is 0.614. The lowest BCUT2D eigenvalue weighted by atomic mass is 9.92. The van der Waals surface area contributed by atoms with Gasteiger partial charge in [0.25, 0.3) is 0 Å². The highest BCUT2D eigenvalue weighted by Gasteiger charge is 2.16. The Kier molecular flexibility index (Phi) is 5.78. The third-order valence-corrected chi connectivity index (χ3v) is 2.81. The topological polar surface area (TPSA) is 45.0 Å². The van der Waals surface area contributed by atoms with Crippen molar-refractivity contribution in [2.24, 2.45) is 5.41 Å². The molecule has 0 aromatic heterocycles. The number of ether oxygens (including phenoxy) is 1. The highest BCUT2D eigenvalue weighted by Crippen LogP contribution is 2.21. The molecular weight excluding hydrogens is 243 g/mol. The number of nitrogens with zero attached hydrogens (tertiary/aromatic N) is 1. The molecule has 3 nitrogen and oxygen atoms in total. The third kappa shape index (κ3) is 5.71. The van der Waals surface area contributed by atoms with Gasteiger partial charge in [-0.1, -0.05) is 6.92 Å². The summed E-state index contributed by atoms with van der Waals surface area (Å²) >= 11 is 0. The van der Waals surface area contributed by atoms with Crippen LogP contribution in [0.2, 0.25) is 0 Å². The number of benzene rings is 1. The third-order valence-electron chi connectivity index (χ3n) is 2.81. The van der Waals surface area contributed by atoms with E-state index in [0.717, 1.165) is 12.1 Å². The van der Waals surface area contributed by atoms with E-state index in [4.69, 9.17) is 10.00 Å². The number of hydrogen-bond acceptors (Lipinski definition) is 3. The summed E-state index contributed by atoms with van der Waals surface area (Å²) in [5.41, 5.74) is 0.441. The van der Waals surface area contributed by atoms with Crippen LogP contribution < -0.4 is 10.1 Å². The summed E-state index contributed by atoms with van der Waals surface area (Å²) in [5.74, 6) is 0.214. The molecule has 0 aliphatic carbocycles. The Hall–Kier alpha value is -1.60. The van der Waals surface area contributed by atoms with Crippen LogP contribution in [0.3, 0.4) is 0 Å². The fraction of sp³-hybridized carbons (Fsp3) is 0.533. The number of nitriles is 1. The monoisotopic (exact) mass is 264 g/mol. The van der Waals surface area contributed by atoms with Crippen molar-refractivity contribution in [2.75, 3.05) is 13.2 Å². The molecule has 1 N–H and O–H groups in total. The van der Waals surface area contributed by atoms with E-state index < -0.39 is 5.41 Å². The van der Waals surface area contributed by atoms with Crippen molar-refractivity contribution in [2.45, 2.75) is 33.7 Å². The van der Waals surface area contributed by atoms with Gasteiger partial charge in [-0.3, -0.25) is 0 Å². The molecule has 0 saturated heterocycles. The van der Waals surface area contributed by atoms with E-state index in [1.165, 1.54) is 12.1 Å². The summed E-state index contributed by atoms with van der Waals surface area (Å²) in [6.45, 7) is 7.58. The zero-order valence-electron chi connectivity index (χ0n) is 11.8. The van der Waals surface area contributed by atoms with E-state index in [9.17, 15) is 4.39 Å². The number of nitrogens with one attached hydrogen (secondary N) is 1. The van der Waals surface area contributed by atoms with Crippen LogP contribution in [-0.4, -0.2) is 13.2 Å². The quantitative estimate of drug-likeness (QED) is 0.822. The van der Waals surface area contributed by atoms with Crippen molar-refractivity contribution < 1.29 is 9.13 Å². The standard InChI is InChI=1S/C15H21FN2O/c1-4-18-10-12-7-13(16)9-14(8-12)19-6-5-15(2,3)11-17/h7-9,18H,4-6,10H2,1-3H3. The molecule has 0 spiro atoms. The largest absolute Gasteiger partial charge is 0.493 e. The Morgan fingerprint density at radius 1 is 1.37 bits per heavy atom. The van der Waals surface area contributed by atoms with E-state index in [1.807, 2.05) is 26.8 Å². The minimum Gasteiger partial charge on any atom is -0.493 e. The van der Waals surface area contributed by atoms with Crippen LogP contribution in [-0.2, 0) is 6.54 Å². The molecule has 0 bridgehead atoms. The molecule has 0 saturated carbocycles. The van der Waals surface area contributed by atoms with E-state index in [-0.39, 0.29) is 5.82 Å². The minimum absolute atomic E-state index is 0.301. The first kappa shape index (κ1) is 15.5. The fourth-order valence-corrected chi connectivity index (χ4v) is 1.56. The van der Waals surface area contributed by atoms with Crippen molar-refractivity contribution in [3.63, 3.8) is 0 Å². The average molecular weight is 264 g/mol. The normalized spacial score (nSPS) is 11.1. The molecule has 0 aliphatic heterocycles. The van der Waals surface area contributed by atoms with Crippen LogP contribution in [0.1, 0.15) is 32.8 Å². The summed E-state index contributed by atoms with van der Waals surface area (Å²) in [7, 11) is 0. The summed E-state index contributed by atoms with van der Waals surface area (Å²) in [6, 6.07) is 6.90. The van der Waals surface area contributed by atoms with Crippen molar-refractivity contribution >= 4 is 0 Å². The van der Waals surface area contributed by atoms with Crippen molar-refractivity contribution in [1.29, 1.82) is 5.26 Å². The number of hydrogen-bond donors (Lipinski definition) is 1. The van der Waals surface area contributed by atoms with Crippen LogP contribution in [0.25, 0.3) is 0 Å². The molecular formula is C15H21FN2O. The predicted molar refractivity (Wildman–Crippen MR) is 73.3 cm³/mol. The van der Waals surface area contributed by atoms with Gasteiger partial charge >= 0.3 is 0 Å². The smallest absolute Gasteiger partial charge is 0.127 e. The molecule has 0 amide bonds. The Labute approximate surface area is 114 Å². The molecule has 0 aliphatic rings. The van der Waals surface area contributed by atoms with Crippen LogP contribution in [0.15, 0.2) is 18.2 Å². The molecule has 19 heavy (non-hydrogen) atoms. The zero-order chi connectivity index (χ0) is 14.3. The lowest BCUT2D eigenvalue weighted by molar-refractivity contribution is 0.263. The fourth-order valence-electron chi connectivity index (χ4n) is 1.56. The van der Waals surface area contributed by atoms with E-state index in [0.29, 0.717) is 25.3 Å². The first-order valence-corrected chi connectivity index (χ1v) is 6.51. The Morgan fingerprint density at radius 3 is 2.74 bits per heavy atom. The Morgan fingerprint density at radius 2 is 2.11 bits per heavy atom.